The zero-order chi connectivity index (χ0) is 18.4. The van der Waals surface area contributed by atoms with Gasteiger partial charge in [0.2, 0.25) is 10.0 Å². The zero-order valence-electron chi connectivity index (χ0n) is 14.9. The Kier molecular flexibility index (Phi) is 6.80. The van der Waals surface area contributed by atoms with Crippen molar-refractivity contribution in [3.05, 3.63) is 23.8 Å². The van der Waals surface area contributed by atoms with Gasteiger partial charge >= 0.3 is 0 Å². The zero-order valence-corrected chi connectivity index (χ0v) is 15.8. The molecule has 1 aliphatic heterocycles. The van der Waals surface area contributed by atoms with Crippen LogP contribution in [-0.4, -0.2) is 59.7 Å². The molecule has 0 aliphatic carbocycles. The van der Waals surface area contributed by atoms with Gasteiger partial charge < -0.3 is 14.4 Å². The fraction of sp³-hybridized carbons (Fsp3) is 0.588. The number of carbonyl (C=O) groups excluding carboxylic acids is 1. The lowest BCUT2D eigenvalue weighted by molar-refractivity contribution is 0.0693. The van der Waals surface area contributed by atoms with Crippen LogP contribution in [-0.2, 0) is 14.8 Å². The number of hydrogen-bond acceptors (Lipinski definition) is 5. The van der Waals surface area contributed by atoms with Crippen LogP contribution in [0.15, 0.2) is 23.1 Å². The monoisotopic (exact) mass is 370 g/mol. The molecule has 0 atom stereocenters. The molecule has 25 heavy (non-hydrogen) atoms. The highest BCUT2D eigenvalue weighted by Crippen LogP contribution is 2.26. The first-order chi connectivity index (χ1) is 11.9. The van der Waals surface area contributed by atoms with Crippen LogP contribution in [0.2, 0.25) is 0 Å². The predicted molar refractivity (Wildman–Crippen MR) is 94.4 cm³/mol. The Hall–Kier alpha value is -1.64. The Balaban J connectivity index is 2.26. The fourth-order valence-electron chi connectivity index (χ4n) is 2.76. The number of rotatable bonds is 7. The minimum Gasteiger partial charge on any atom is -0.496 e. The average Bonchev–Trinajstić information content (AvgIpc) is 2.61. The topological polar surface area (TPSA) is 84.9 Å². The highest BCUT2D eigenvalue weighted by molar-refractivity contribution is 7.89. The molecule has 1 aromatic carbocycles. The van der Waals surface area contributed by atoms with Crippen LogP contribution in [0.5, 0.6) is 5.75 Å². The lowest BCUT2D eigenvalue weighted by Crippen LogP contribution is -2.38. The van der Waals surface area contributed by atoms with Crippen molar-refractivity contribution in [3.8, 4) is 5.75 Å². The first-order valence-electron chi connectivity index (χ1n) is 8.35. The van der Waals surface area contributed by atoms with Crippen molar-refractivity contribution in [2.75, 3.05) is 40.5 Å². The molecule has 0 saturated carbocycles. The molecule has 0 spiro atoms. The molecule has 1 amide bonds. The molecule has 0 bridgehead atoms. The Morgan fingerprint density at radius 3 is 2.56 bits per heavy atom. The van der Waals surface area contributed by atoms with Crippen molar-refractivity contribution in [2.45, 2.75) is 24.7 Å². The van der Waals surface area contributed by atoms with Gasteiger partial charge in [-0.3, -0.25) is 4.79 Å². The van der Waals surface area contributed by atoms with E-state index in [0.29, 0.717) is 24.8 Å². The molecule has 0 unspecified atom stereocenters. The maximum absolute atomic E-state index is 12.8. The summed E-state index contributed by atoms with van der Waals surface area (Å²) >= 11 is 0. The van der Waals surface area contributed by atoms with E-state index in [1.165, 1.54) is 32.4 Å². The molecule has 1 N–H and O–H groups in total. The van der Waals surface area contributed by atoms with Crippen LogP contribution >= 0.6 is 0 Å². The van der Waals surface area contributed by atoms with Gasteiger partial charge in [0.25, 0.3) is 5.91 Å². The second kappa shape index (κ2) is 8.64. The lowest BCUT2D eigenvalue weighted by Gasteiger charge is -2.30. The summed E-state index contributed by atoms with van der Waals surface area (Å²) in [5, 5.41) is 0. The third kappa shape index (κ3) is 4.93. The van der Waals surface area contributed by atoms with Crippen LogP contribution < -0.4 is 9.46 Å². The van der Waals surface area contributed by atoms with Crippen molar-refractivity contribution in [2.24, 2.45) is 5.92 Å². The SMILES string of the molecule is COCCNS(=O)(=O)c1ccc(OC)c(C(=O)N2CCC(C)CC2)c1. The number of nitrogens with zero attached hydrogens (tertiary/aromatic N) is 1. The standard InChI is InChI=1S/C17H26N2O5S/c1-13-6-9-19(10-7-13)17(20)15-12-14(4-5-16(15)24-3)25(21,22)18-8-11-23-2/h4-5,12-13,18H,6-11H2,1-3H3. The number of likely N-dealkylation sites (tertiary alicyclic amines) is 1. The molecule has 1 aromatic rings. The molecule has 1 fully saturated rings. The number of benzene rings is 1. The lowest BCUT2D eigenvalue weighted by atomic mass is 9.98. The molecule has 1 heterocycles. The summed E-state index contributed by atoms with van der Waals surface area (Å²) in [4.78, 5) is 14.6. The van der Waals surface area contributed by atoms with E-state index in [2.05, 4.69) is 11.6 Å². The largest absolute Gasteiger partial charge is 0.496 e. The van der Waals surface area contributed by atoms with Gasteiger partial charge in [-0.1, -0.05) is 6.92 Å². The van der Waals surface area contributed by atoms with E-state index >= 15 is 0 Å². The second-order valence-corrected chi connectivity index (χ2v) is 7.99. The highest BCUT2D eigenvalue weighted by atomic mass is 32.2. The summed E-state index contributed by atoms with van der Waals surface area (Å²) in [5.41, 5.74) is 0.270. The van der Waals surface area contributed by atoms with Gasteiger partial charge in [0.05, 0.1) is 24.2 Å². The molecule has 0 radical (unpaired) electrons. The predicted octanol–water partition coefficient (Wildman–Crippen LogP) is 1.49. The van der Waals surface area contributed by atoms with E-state index < -0.39 is 10.0 Å². The van der Waals surface area contributed by atoms with Gasteiger partial charge in [-0.25, -0.2) is 13.1 Å². The molecule has 140 valence electrons. The van der Waals surface area contributed by atoms with Crippen LogP contribution in [0, 0.1) is 5.92 Å². The average molecular weight is 370 g/mol. The van der Waals surface area contributed by atoms with E-state index in [4.69, 9.17) is 9.47 Å². The smallest absolute Gasteiger partial charge is 0.257 e. The van der Waals surface area contributed by atoms with Crippen LogP contribution in [0.3, 0.4) is 0 Å². The van der Waals surface area contributed by atoms with Gasteiger partial charge in [0.1, 0.15) is 5.75 Å². The maximum Gasteiger partial charge on any atom is 0.257 e. The summed E-state index contributed by atoms with van der Waals surface area (Å²) in [6, 6.07) is 4.34. The Morgan fingerprint density at radius 1 is 1.28 bits per heavy atom. The number of piperidine rings is 1. The van der Waals surface area contributed by atoms with Crippen molar-refractivity contribution in [1.29, 1.82) is 0 Å². The number of sulfonamides is 1. The van der Waals surface area contributed by atoms with Gasteiger partial charge in [0, 0.05) is 26.7 Å². The molecule has 1 aliphatic rings. The number of ether oxygens (including phenoxy) is 2. The van der Waals surface area contributed by atoms with Gasteiger partial charge in [-0.05, 0) is 37.0 Å². The third-order valence-corrected chi connectivity index (χ3v) is 5.84. The fourth-order valence-corrected chi connectivity index (χ4v) is 3.80. The highest BCUT2D eigenvalue weighted by Gasteiger charge is 2.25. The Morgan fingerprint density at radius 2 is 1.96 bits per heavy atom. The summed E-state index contributed by atoms with van der Waals surface area (Å²) < 4.78 is 37.3. The molecule has 1 saturated heterocycles. The van der Waals surface area contributed by atoms with Crippen LogP contribution in [0.25, 0.3) is 0 Å². The van der Waals surface area contributed by atoms with Gasteiger partial charge in [0.15, 0.2) is 0 Å². The minimum absolute atomic E-state index is 0.0399. The van der Waals surface area contributed by atoms with E-state index in [1.807, 2.05) is 0 Å². The molecule has 2 rings (SSSR count). The van der Waals surface area contributed by atoms with Crippen molar-refractivity contribution < 1.29 is 22.7 Å². The number of methoxy groups -OCH3 is 2. The number of amides is 1. The van der Waals surface area contributed by atoms with E-state index in [-0.39, 0.29) is 29.5 Å². The molecule has 0 aromatic heterocycles. The third-order valence-electron chi connectivity index (χ3n) is 4.38. The van der Waals surface area contributed by atoms with E-state index in [9.17, 15) is 13.2 Å². The van der Waals surface area contributed by atoms with Gasteiger partial charge in [-0.2, -0.15) is 0 Å². The first kappa shape index (κ1) is 19.7. The van der Waals surface area contributed by atoms with Crippen LogP contribution in [0.1, 0.15) is 30.1 Å². The number of hydrogen-bond donors (Lipinski definition) is 1. The quantitative estimate of drug-likeness (QED) is 0.735. The number of carbonyl (C=O) groups is 1. The van der Waals surface area contributed by atoms with Crippen molar-refractivity contribution in [1.82, 2.24) is 9.62 Å². The normalized spacial score (nSPS) is 16.0. The Bertz CT molecular complexity index is 697. The summed E-state index contributed by atoms with van der Waals surface area (Å²) in [5.74, 6) is 0.778. The van der Waals surface area contributed by atoms with Crippen molar-refractivity contribution >= 4 is 15.9 Å². The number of nitrogens with one attached hydrogen (secondary N) is 1. The second-order valence-electron chi connectivity index (χ2n) is 6.23. The van der Waals surface area contributed by atoms with Gasteiger partial charge in [-0.15, -0.1) is 0 Å². The summed E-state index contributed by atoms with van der Waals surface area (Å²) in [7, 11) is -0.744. The van der Waals surface area contributed by atoms with Crippen molar-refractivity contribution in [3.63, 3.8) is 0 Å². The maximum atomic E-state index is 12.8. The minimum atomic E-state index is -3.71. The first-order valence-corrected chi connectivity index (χ1v) is 9.83. The summed E-state index contributed by atoms with van der Waals surface area (Å²) in [6.45, 7) is 3.95. The molecular weight excluding hydrogens is 344 g/mol. The Labute approximate surface area is 149 Å². The van der Waals surface area contributed by atoms with Crippen LogP contribution in [0.4, 0.5) is 0 Å². The van der Waals surface area contributed by atoms with E-state index in [0.717, 1.165) is 12.8 Å². The molecule has 8 heteroatoms. The van der Waals surface area contributed by atoms with E-state index in [1.54, 1.807) is 4.90 Å². The summed E-state index contributed by atoms with van der Waals surface area (Å²) in [6.07, 6.45) is 1.90. The molecule has 7 nitrogen and oxygen atoms in total. The molecular formula is C17H26N2O5S.